The highest BCUT2D eigenvalue weighted by Crippen LogP contribution is 2.37. The number of rotatable bonds is 3. The van der Waals surface area contributed by atoms with Crippen LogP contribution in [0.5, 0.6) is 0 Å². The van der Waals surface area contributed by atoms with Gasteiger partial charge in [-0.3, -0.25) is 0 Å². The summed E-state index contributed by atoms with van der Waals surface area (Å²) in [5, 5.41) is 18.3. The maximum absolute atomic E-state index is 5.69. The van der Waals surface area contributed by atoms with E-state index in [2.05, 4.69) is 25.0 Å². The summed E-state index contributed by atoms with van der Waals surface area (Å²) in [6, 6.07) is 0. The van der Waals surface area contributed by atoms with Gasteiger partial charge in [-0.05, 0) is 31.3 Å². The van der Waals surface area contributed by atoms with Crippen molar-refractivity contribution in [1.29, 1.82) is 0 Å². The number of fused-ring (bicyclic) bond motifs is 1. The van der Waals surface area contributed by atoms with Gasteiger partial charge < -0.3 is 10.1 Å². The molecule has 0 radical (unpaired) electrons. The van der Waals surface area contributed by atoms with E-state index in [4.69, 9.17) is 4.74 Å². The molecule has 110 valence electrons. The Morgan fingerprint density at radius 3 is 3.05 bits per heavy atom. The molecule has 1 aliphatic heterocycles. The molecule has 0 bridgehead atoms. The molecule has 4 rings (SSSR count). The number of aryl methyl sites for hydroxylation is 1. The highest BCUT2D eigenvalue weighted by Gasteiger charge is 2.26. The van der Waals surface area contributed by atoms with Crippen molar-refractivity contribution in [1.82, 2.24) is 24.2 Å². The Morgan fingerprint density at radius 1 is 1.38 bits per heavy atom. The first-order valence-corrected chi connectivity index (χ1v) is 8.35. The zero-order valence-electron chi connectivity index (χ0n) is 11.7. The number of nitrogens with zero attached hydrogens (tertiary/aromatic N) is 5. The molecular formula is C12H14N6OS2. The molecule has 3 aromatic heterocycles. The lowest BCUT2D eigenvalue weighted by atomic mass is 10.2. The van der Waals surface area contributed by atoms with Gasteiger partial charge in [0.1, 0.15) is 11.1 Å². The van der Waals surface area contributed by atoms with E-state index in [1.807, 2.05) is 18.5 Å². The van der Waals surface area contributed by atoms with Crippen LogP contribution in [-0.2, 0) is 4.74 Å². The van der Waals surface area contributed by atoms with Crippen LogP contribution in [0.3, 0.4) is 0 Å². The number of anilines is 1. The first-order chi connectivity index (χ1) is 10.3. The van der Waals surface area contributed by atoms with Crippen LogP contribution in [0.4, 0.5) is 5.00 Å². The van der Waals surface area contributed by atoms with Gasteiger partial charge in [0.25, 0.3) is 0 Å². The second kappa shape index (κ2) is 5.00. The van der Waals surface area contributed by atoms with Crippen LogP contribution in [0.1, 0.15) is 30.5 Å². The predicted molar refractivity (Wildman–Crippen MR) is 82.0 cm³/mol. The molecule has 3 aromatic rings. The zero-order valence-corrected chi connectivity index (χ0v) is 13.3. The molecule has 1 saturated heterocycles. The Morgan fingerprint density at radius 2 is 2.29 bits per heavy atom. The average molecular weight is 322 g/mol. The van der Waals surface area contributed by atoms with Gasteiger partial charge in [-0.25, -0.2) is 0 Å². The molecule has 0 amide bonds. The third-order valence-corrected chi connectivity index (χ3v) is 5.41. The second-order valence-corrected chi connectivity index (χ2v) is 6.61. The van der Waals surface area contributed by atoms with Crippen LogP contribution < -0.4 is 5.32 Å². The lowest BCUT2D eigenvalue weighted by molar-refractivity contribution is 0.103. The standard InChI is InChI=1S/C12H14N6OS2/c1-6-8(10(13-2)21-17-6)11-16-18-9(7-4-3-5-19-7)14-15-12(18)20-11/h7,13H,3-5H2,1-2H3. The normalized spacial score (nSPS) is 18.7. The lowest BCUT2D eigenvalue weighted by Gasteiger charge is -2.04. The van der Waals surface area contributed by atoms with Crippen molar-refractivity contribution in [2.24, 2.45) is 0 Å². The number of hydrogen-bond donors (Lipinski definition) is 1. The van der Waals surface area contributed by atoms with Gasteiger partial charge in [0, 0.05) is 13.7 Å². The van der Waals surface area contributed by atoms with Crippen molar-refractivity contribution >= 4 is 32.8 Å². The Balaban J connectivity index is 1.82. The molecule has 1 unspecified atom stereocenters. The third kappa shape index (κ3) is 2.03. The Hall–Kier alpha value is -1.58. The van der Waals surface area contributed by atoms with E-state index in [1.54, 1.807) is 0 Å². The molecule has 0 spiro atoms. The number of nitrogens with one attached hydrogen (secondary N) is 1. The minimum absolute atomic E-state index is 0.0143. The van der Waals surface area contributed by atoms with Crippen molar-refractivity contribution in [2.45, 2.75) is 25.9 Å². The van der Waals surface area contributed by atoms with Crippen molar-refractivity contribution < 1.29 is 4.74 Å². The van der Waals surface area contributed by atoms with Gasteiger partial charge in [-0.15, -0.1) is 10.2 Å². The molecule has 4 heterocycles. The maximum atomic E-state index is 5.69. The Labute approximate surface area is 129 Å². The molecule has 7 nitrogen and oxygen atoms in total. The fourth-order valence-electron chi connectivity index (χ4n) is 2.51. The summed E-state index contributed by atoms with van der Waals surface area (Å²) in [6.45, 7) is 2.78. The molecule has 0 aromatic carbocycles. The van der Waals surface area contributed by atoms with E-state index in [9.17, 15) is 0 Å². The summed E-state index contributed by atoms with van der Waals surface area (Å²) < 4.78 is 11.9. The smallest absolute Gasteiger partial charge is 0.235 e. The van der Waals surface area contributed by atoms with Crippen LogP contribution in [0, 0.1) is 6.92 Å². The molecule has 21 heavy (non-hydrogen) atoms. The van der Waals surface area contributed by atoms with Gasteiger partial charge >= 0.3 is 0 Å². The minimum Gasteiger partial charge on any atom is -0.378 e. The number of ether oxygens (including phenoxy) is 1. The lowest BCUT2D eigenvalue weighted by Crippen LogP contribution is -2.03. The SMILES string of the molecule is CNc1snc(C)c1-c1nn2c(C3CCCO3)nnc2s1. The molecule has 1 fully saturated rings. The summed E-state index contributed by atoms with van der Waals surface area (Å²) in [7, 11) is 1.90. The first kappa shape index (κ1) is 13.1. The van der Waals surface area contributed by atoms with E-state index >= 15 is 0 Å². The highest BCUT2D eigenvalue weighted by atomic mass is 32.1. The van der Waals surface area contributed by atoms with Crippen LogP contribution in [0.15, 0.2) is 0 Å². The van der Waals surface area contributed by atoms with E-state index in [0.717, 1.165) is 51.5 Å². The number of hydrogen-bond acceptors (Lipinski definition) is 8. The Kier molecular flexibility index (Phi) is 3.12. The van der Waals surface area contributed by atoms with E-state index < -0.39 is 0 Å². The molecule has 1 aliphatic rings. The quantitative estimate of drug-likeness (QED) is 0.798. The molecular weight excluding hydrogens is 308 g/mol. The molecule has 9 heteroatoms. The summed E-state index contributed by atoms with van der Waals surface area (Å²) in [4.78, 5) is 0.795. The van der Waals surface area contributed by atoms with Crippen molar-refractivity contribution in [3.05, 3.63) is 11.5 Å². The van der Waals surface area contributed by atoms with E-state index in [0.29, 0.717) is 0 Å². The van der Waals surface area contributed by atoms with Gasteiger partial charge in [0.2, 0.25) is 4.96 Å². The van der Waals surface area contributed by atoms with Crippen LogP contribution in [0.25, 0.3) is 15.5 Å². The molecule has 1 N–H and O–H groups in total. The van der Waals surface area contributed by atoms with Crippen LogP contribution in [-0.4, -0.2) is 37.8 Å². The topological polar surface area (TPSA) is 77.2 Å². The number of aromatic nitrogens is 5. The van der Waals surface area contributed by atoms with E-state index in [1.165, 1.54) is 22.9 Å². The van der Waals surface area contributed by atoms with Gasteiger partial charge in [-0.1, -0.05) is 11.3 Å². The van der Waals surface area contributed by atoms with Crippen LogP contribution >= 0.6 is 22.9 Å². The molecule has 0 aliphatic carbocycles. The fourth-order valence-corrected chi connectivity index (χ4v) is 4.27. The van der Waals surface area contributed by atoms with Crippen molar-refractivity contribution in [3.8, 4) is 10.6 Å². The zero-order chi connectivity index (χ0) is 14.4. The highest BCUT2D eigenvalue weighted by molar-refractivity contribution is 7.20. The average Bonchev–Trinajstić information content (AvgIpc) is 3.20. The fraction of sp³-hybridized carbons (Fsp3) is 0.500. The summed E-state index contributed by atoms with van der Waals surface area (Å²) >= 11 is 2.98. The van der Waals surface area contributed by atoms with E-state index in [-0.39, 0.29) is 6.10 Å². The van der Waals surface area contributed by atoms with Crippen LogP contribution in [0.2, 0.25) is 0 Å². The van der Waals surface area contributed by atoms with Gasteiger partial charge in [0.05, 0.1) is 11.3 Å². The monoisotopic (exact) mass is 322 g/mol. The Bertz CT molecular complexity index is 785. The summed E-state index contributed by atoms with van der Waals surface area (Å²) in [5.41, 5.74) is 2.03. The maximum Gasteiger partial charge on any atom is 0.235 e. The molecule has 1 atom stereocenters. The minimum atomic E-state index is 0.0143. The van der Waals surface area contributed by atoms with Crippen molar-refractivity contribution in [3.63, 3.8) is 0 Å². The largest absolute Gasteiger partial charge is 0.378 e. The first-order valence-electron chi connectivity index (χ1n) is 6.76. The second-order valence-electron chi connectivity index (χ2n) is 4.88. The predicted octanol–water partition coefficient (Wildman–Crippen LogP) is 2.51. The van der Waals surface area contributed by atoms with Crippen molar-refractivity contribution in [2.75, 3.05) is 19.0 Å². The van der Waals surface area contributed by atoms with Gasteiger partial charge in [-0.2, -0.15) is 14.0 Å². The van der Waals surface area contributed by atoms with Gasteiger partial charge in [0.15, 0.2) is 10.8 Å². The molecule has 0 saturated carbocycles. The summed E-state index contributed by atoms with van der Waals surface area (Å²) in [6.07, 6.45) is 2.06. The summed E-state index contributed by atoms with van der Waals surface area (Å²) in [5.74, 6) is 0.803. The third-order valence-electron chi connectivity index (χ3n) is 3.54.